The van der Waals surface area contributed by atoms with Crippen LogP contribution in [0.5, 0.6) is 0 Å². The number of nitrogens with zero attached hydrogens (tertiary/aromatic N) is 1. The predicted octanol–water partition coefficient (Wildman–Crippen LogP) is 2.04. The molecule has 1 heterocycles. The van der Waals surface area contributed by atoms with Gasteiger partial charge in [-0.2, -0.15) is 0 Å². The molecule has 0 amide bonds. The maximum absolute atomic E-state index is 5.89. The second kappa shape index (κ2) is 3.15. The highest BCUT2D eigenvalue weighted by atomic mass is 32.1. The van der Waals surface area contributed by atoms with E-state index in [1.54, 1.807) is 11.3 Å². The zero-order chi connectivity index (χ0) is 9.35. The molecule has 0 aliphatic heterocycles. The Morgan fingerprint density at radius 3 is 2.33 bits per heavy atom. The SMILES string of the molecule is Cc1nc(CC(C)(C)N)sc1C. The van der Waals surface area contributed by atoms with Gasteiger partial charge in [0.15, 0.2) is 0 Å². The van der Waals surface area contributed by atoms with Crippen molar-refractivity contribution < 1.29 is 0 Å². The van der Waals surface area contributed by atoms with Crippen LogP contribution in [0, 0.1) is 13.8 Å². The van der Waals surface area contributed by atoms with E-state index in [4.69, 9.17) is 5.73 Å². The van der Waals surface area contributed by atoms with E-state index in [0.29, 0.717) is 0 Å². The molecule has 0 saturated heterocycles. The van der Waals surface area contributed by atoms with Crippen molar-refractivity contribution in [3.05, 3.63) is 15.6 Å². The lowest BCUT2D eigenvalue weighted by Crippen LogP contribution is -2.34. The Balaban J connectivity index is 2.77. The van der Waals surface area contributed by atoms with Crippen LogP contribution < -0.4 is 5.73 Å². The molecule has 0 atom stereocenters. The molecular formula is C9H16N2S. The lowest BCUT2D eigenvalue weighted by atomic mass is 10.0. The van der Waals surface area contributed by atoms with E-state index < -0.39 is 0 Å². The Morgan fingerprint density at radius 2 is 2.00 bits per heavy atom. The van der Waals surface area contributed by atoms with E-state index in [9.17, 15) is 0 Å². The van der Waals surface area contributed by atoms with Crippen molar-refractivity contribution in [2.24, 2.45) is 5.73 Å². The fourth-order valence-electron chi connectivity index (χ4n) is 1.00. The van der Waals surface area contributed by atoms with Gasteiger partial charge in [0.2, 0.25) is 0 Å². The van der Waals surface area contributed by atoms with Gasteiger partial charge in [-0.3, -0.25) is 0 Å². The summed E-state index contributed by atoms with van der Waals surface area (Å²) < 4.78 is 0. The van der Waals surface area contributed by atoms with Crippen LogP contribution in [-0.2, 0) is 6.42 Å². The molecule has 1 aromatic rings. The molecular weight excluding hydrogens is 168 g/mol. The minimum Gasteiger partial charge on any atom is -0.325 e. The monoisotopic (exact) mass is 184 g/mol. The van der Waals surface area contributed by atoms with E-state index >= 15 is 0 Å². The van der Waals surface area contributed by atoms with Gasteiger partial charge in [-0.1, -0.05) is 0 Å². The molecule has 1 rings (SSSR count). The molecule has 2 N–H and O–H groups in total. The predicted molar refractivity (Wildman–Crippen MR) is 53.6 cm³/mol. The average molecular weight is 184 g/mol. The average Bonchev–Trinajstić information content (AvgIpc) is 2.07. The number of nitrogens with two attached hydrogens (primary N) is 1. The first-order valence-corrected chi connectivity index (χ1v) is 4.92. The van der Waals surface area contributed by atoms with Crippen LogP contribution in [0.25, 0.3) is 0 Å². The molecule has 0 radical (unpaired) electrons. The fraction of sp³-hybridized carbons (Fsp3) is 0.667. The molecule has 0 saturated carbocycles. The van der Waals surface area contributed by atoms with Crippen LogP contribution in [-0.4, -0.2) is 10.5 Å². The first kappa shape index (κ1) is 9.68. The van der Waals surface area contributed by atoms with Crippen LogP contribution >= 0.6 is 11.3 Å². The lowest BCUT2D eigenvalue weighted by molar-refractivity contribution is 0.515. The van der Waals surface area contributed by atoms with Crippen molar-refractivity contribution in [1.82, 2.24) is 4.98 Å². The molecule has 0 aliphatic rings. The number of aryl methyl sites for hydroxylation is 2. The molecule has 0 spiro atoms. The smallest absolute Gasteiger partial charge is 0.0948 e. The quantitative estimate of drug-likeness (QED) is 0.764. The van der Waals surface area contributed by atoms with Crippen molar-refractivity contribution in [3.63, 3.8) is 0 Å². The van der Waals surface area contributed by atoms with Crippen molar-refractivity contribution in [3.8, 4) is 0 Å². The first-order chi connectivity index (χ1) is 5.38. The van der Waals surface area contributed by atoms with Gasteiger partial charge >= 0.3 is 0 Å². The molecule has 3 heteroatoms. The van der Waals surface area contributed by atoms with Crippen molar-refractivity contribution in [2.75, 3.05) is 0 Å². The fourth-order valence-corrected chi connectivity index (χ4v) is 2.18. The molecule has 68 valence electrons. The van der Waals surface area contributed by atoms with Gasteiger partial charge in [-0.05, 0) is 27.7 Å². The zero-order valence-corrected chi connectivity index (χ0v) is 8.96. The molecule has 0 aromatic carbocycles. The van der Waals surface area contributed by atoms with Gasteiger partial charge in [-0.15, -0.1) is 11.3 Å². The van der Waals surface area contributed by atoms with Gasteiger partial charge in [-0.25, -0.2) is 4.98 Å². The normalized spacial score (nSPS) is 12.1. The molecule has 2 nitrogen and oxygen atoms in total. The Hall–Kier alpha value is -0.410. The molecule has 0 bridgehead atoms. The van der Waals surface area contributed by atoms with Gasteiger partial charge in [0.1, 0.15) is 0 Å². The second-order valence-electron chi connectivity index (χ2n) is 3.91. The highest BCUT2D eigenvalue weighted by molar-refractivity contribution is 7.11. The standard InChI is InChI=1S/C9H16N2S/c1-6-7(2)12-8(11-6)5-9(3,4)10/h5,10H2,1-4H3. The number of thiazole rings is 1. The second-order valence-corrected chi connectivity index (χ2v) is 5.20. The summed E-state index contributed by atoms with van der Waals surface area (Å²) in [6.45, 7) is 8.19. The van der Waals surface area contributed by atoms with Gasteiger partial charge in [0.05, 0.1) is 10.7 Å². The van der Waals surface area contributed by atoms with E-state index in [1.165, 1.54) is 4.88 Å². The Labute approximate surface area is 77.8 Å². The molecule has 12 heavy (non-hydrogen) atoms. The summed E-state index contributed by atoms with van der Waals surface area (Å²) in [5, 5.41) is 1.15. The van der Waals surface area contributed by atoms with Crippen LogP contribution in [0.3, 0.4) is 0 Å². The molecule has 0 aliphatic carbocycles. The summed E-state index contributed by atoms with van der Waals surface area (Å²) in [4.78, 5) is 5.73. The third-order valence-electron chi connectivity index (χ3n) is 1.68. The number of aromatic nitrogens is 1. The van der Waals surface area contributed by atoms with E-state index in [2.05, 4.69) is 11.9 Å². The summed E-state index contributed by atoms with van der Waals surface area (Å²) >= 11 is 1.75. The Morgan fingerprint density at radius 1 is 1.42 bits per heavy atom. The third-order valence-corrected chi connectivity index (χ3v) is 2.75. The first-order valence-electron chi connectivity index (χ1n) is 4.10. The maximum Gasteiger partial charge on any atom is 0.0948 e. The van der Waals surface area contributed by atoms with Crippen molar-refractivity contribution >= 4 is 11.3 Å². The highest BCUT2D eigenvalue weighted by Gasteiger charge is 2.14. The van der Waals surface area contributed by atoms with Crippen molar-refractivity contribution in [1.29, 1.82) is 0 Å². The van der Waals surface area contributed by atoms with Gasteiger partial charge in [0, 0.05) is 16.8 Å². The topological polar surface area (TPSA) is 38.9 Å². The lowest BCUT2D eigenvalue weighted by Gasteiger charge is -2.15. The summed E-state index contributed by atoms with van der Waals surface area (Å²) in [7, 11) is 0. The number of hydrogen-bond acceptors (Lipinski definition) is 3. The third kappa shape index (κ3) is 2.57. The Bertz CT molecular complexity index is 251. The minimum absolute atomic E-state index is 0.142. The van der Waals surface area contributed by atoms with Gasteiger partial charge in [0.25, 0.3) is 0 Å². The summed E-state index contributed by atoms with van der Waals surface area (Å²) in [5.41, 5.74) is 6.89. The highest BCUT2D eigenvalue weighted by Crippen LogP contribution is 2.19. The van der Waals surface area contributed by atoms with Crippen LogP contribution in [0.1, 0.15) is 29.4 Å². The maximum atomic E-state index is 5.89. The molecule has 1 aromatic heterocycles. The summed E-state index contributed by atoms with van der Waals surface area (Å²) in [5.74, 6) is 0. The summed E-state index contributed by atoms with van der Waals surface area (Å²) in [6.07, 6.45) is 0.867. The molecule has 0 fully saturated rings. The van der Waals surface area contributed by atoms with Crippen LogP contribution in [0.15, 0.2) is 0 Å². The van der Waals surface area contributed by atoms with Crippen LogP contribution in [0.2, 0.25) is 0 Å². The summed E-state index contributed by atoms with van der Waals surface area (Å²) in [6, 6.07) is 0. The minimum atomic E-state index is -0.142. The van der Waals surface area contributed by atoms with Crippen molar-refractivity contribution in [2.45, 2.75) is 39.7 Å². The van der Waals surface area contributed by atoms with E-state index in [0.717, 1.165) is 17.1 Å². The van der Waals surface area contributed by atoms with Crippen LogP contribution in [0.4, 0.5) is 0 Å². The largest absolute Gasteiger partial charge is 0.325 e. The number of hydrogen-bond donors (Lipinski definition) is 1. The van der Waals surface area contributed by atoms with Gasteiger partial charge < -0.3 is 5.73 Å². The Kier molecular flexibility index (Phi) is 2.54. The number of rotatable bonds is 2. The van der Waals surface area contributed by atoms with E-state index in [1.807, 2.05) is 20.8 Å². The zero-order valence-electron chi connectivity index (χ0n) is 8.14. The molecule has 0 unspecified atom stereocenters. The van der Waals surface area contributed by atoms with E-state index in [-0.39, 0.29) is 5.54 Å².